The number of nitrogens with one attached hydrogen (secondary N) is 1. The monoisotopic (exact) mass is 382 g/mol. The fourth-order valence-electron chi connectivity index (χ4n) is 4.54. The Balaban J connectivity index is 1.34. The van der Waals surface area contributed by atoms with Crippen LogP contribution in [-0.4, -0.2) is 53.3 Å². The SMILES string of the molecule is Cc1ccc2c(c1)sc1ncnc(NC3CCC(N4CCOCC4)CC3)c12. The van der Waals surface area contributed by atoms with Crippen LogP contribution in [0.2, 0.25) is 0 Å². The highest BCUT2D eigenvalue weighted by Crippen LogP contribution is 2.37. The molecule has 0 amide bonds. The van der Waals surface area contributed by atoms with Crippen LogP contribution in [0.4, 0.5) is 5.82 Å². The molecule has 2 aliphatic rings. The number of hydrogen-bond acceptors (Lipinski definition) is 6. The van der Waals surface area contributed by atoms with Crippen LogP contribution in [0.3, 0.4) is 0 Å². The first-order chi connectivity index (χ1) is 13.3. The van der Waals surface area contributed by atoms with E-state index in [1.165, 1.54) is 46.7 Å². The largest absolute Gasteiger partial charge is 0.379 e. The quantitative estimate of drug-likeness (QED) is 0.735. The molecule has 1 aliphatic heterocycles. The zero-order valence-electron chi connectivity index (χ0n) is 15.8. The molecule has 2 aromatic heterocycles. The maximum atomic E-state index is 5.50. The van der Waals surface area contributed by atoms with Gasteiger partial charge in [-0.2, -0.15) is 0 Å². The van der Waals surface area contributed by atoms with Crippen LogP contribution in [0.1, 0.15) is 31.2 Å². The summed E-state index contributed by atoms with van der Waals surface area (Å²) in [5, 5.41) is 6.21. The number of ether oxygens (including phenoxy) is 1. The van der Waals surface area contributed by atoms with Crippen LogP contribution in [0.25, 0.3) is 20.3 Å². The molecule has 3 aromatic rings. The van der Waals surface area contributed by atoms with Gasteiger partial charge in [-0.25, -0.2) is 9.97 Å². The van der Waals surface area contributed by atoms with Gasteiger partial charge in [-0.05, 0) is 44.2 Å². The maximum absolute atomic E-state index is 5.50. The van der Waals surface area contributed by atoms with Crippen LogP contribution in [0, 0.1) is 6.92 Å². The summed E-state index contributed by atoms with van der Waals surface area (Å²) in [6.07, 6.45) is 6.63. The molecule has 1 saturated carbocycles. The van der Waals surface area contributed by atoms with Gasteiger partial charge in [0.15, 0.2) is 0 Å². The first-order valence-corrected chi connectivity index (χ1v) is 10.8. The molecule has 0 radical (unpaired) electrons. The Labute approximate surface area is 163 Å². The molecule has 5 rings (SSSR count). The molecule has 0 atom stereocenters. The highest BCUT2D eigenvalue weighted by Gasteiger charge is 2.27. The Morgan fingerprint density at radius 3 is 2.74 bits per heavy atom. The molecule has 6 heteroatoms. The van der Waals surface area contributed by atoms with Crippen molar-refractivity contribution in [3.05, 3.63) is 30.1 Å². The fourth-order valence-corrected chi connectivity index (χ4v) is 5.69. The van der Waals surface area contributed by atoms with Gasteiger partial charge >= 0.3 is 0 Å². The highest BCUT2D eigenvalue weighted by atomic mass is 32.1. The molecule has 3 heterocycles. The molecular weight excluding hydrogens is 356 g/mol. The minimum Gasteiger partial charge on any atom is -0.379 e. The van der Waals surface area contributed by atoms with Gasteiger partial charge in [0, 0.05) is 35.3 Å². The summed E-state index contributed by atoms with van der Waals surface area (Å²) in [6, 6.07) is 7.87. The number of aromatic nitrogens is 2. The molecule has 142 valence electrons. The molecule has 2 fully saturated rings. The van der Waals surface area contributed by atoms with Crippen molar-refractivity contribution in [1.82, 2.24) is 14.9 Å². The normalized spacial score (nSPS) is 24.5. The molecular formula is C21H26N4OS. The van der Waals surface area contributed by atoms with Crippen LogP contribution in [0.15, 0.2) is 24.5 Å². The Bertz CT molecular complexity index is 942. The zero-order chi connectivity index (χ0) is 18.2. The third-order valence-corrected chi connectivity index (χ3v) is 7.09. The third-order valence-electron chi connectivity index (χ3n) is 6.03. The van der Waals surface area contributed by atoms with Gasteiger partial charge in [-0.3, -0.25) is 4.90 Å². The lowest BCUT2D eigenvalue weighted by Crippen LogP contribution is -2.46. The Kier molecular flexibility index (Phi) is 4.71. The predicted octanol–water partition coefficient (Wildman–Crippen LogP) is 4.21. The molecule has 0 bridgehead atoms. The van der Waals surface area contributed by atoms with Crippen molar-refractivity contribution < 1.29 is 4.74 Å². The Morgan fingerprint density at radius 1 is 1.11 bits per heavy atom. The Hall–Kier alpha value is -1.76. The molecule has 5 nitrogen and oxygen atoms in total. The van der Waals surface area contributed by atoms with Crippen LogP contribution in [0.5, 0.6) is 0 Å². The standard InChI is InChI=1S/C21H26N4OS/c1-14-2-7-17-18(12-14)27-21-19(17)20(22-13-23-21)24-15-3-5-16(6-4-15)25-8-10-26-11-9-25/h2,7,12-13,15-16H,3-6,8-11H2,1H3,(H,22,23,24). The third kappa shape index (κ3) is 3.42. The molecule has 1 aliphatic carbocycles. The molecule has 0 unspecified atom stereocenters. The van der Waals surface area contributed by atoms with Crippen molar-refractivity contribution >= 4 is 37.5 Å². The summed E-state index contributed by atoms with van der Waals surface area (Å²) in [5.74, 6) is 1.00. The van der Waals surface area contributed by atoms with E-state index in [9.17, 15) is 0 Å². The second-order valence-corrected chi connectivity index (χ2v) is 8.83. The number of fused-ring (bicyclic) bond motifs is 3. The van der Waals surface area contributed by atoms with Crippen LogP contribution in [-0.2, 0) is 4.74 Å². The molecule has 1 N–H and O–H groups in total. The number of morpholine rings is 1. The van der Waals surface area contributed by atoms with Gasteiger partial charge in [0.2, 0.25) is 0 Å². The van der Waals surface area contributed by atoms with E-state index in [4.69, 9.17) is 4.74 Å². The van der Waals surface area contributed by atoms with E-state index in [1.807, 2.05) is 0 Å². The Morgan fingerprint density at radius 2 is 1.93 bits per heavy atom. The second-order valence-electron chi connectivity index (χ2n) is 7.80. The smallest absolute Gasteiger partial charge is 0.139 e. The first-order valence-electron chi connectivity index (χ1n) is 10.00. The lowest BCUT2D eigenvalue weighted by molar-refractivity contribution is 0.00791. The van der Waals surface area contributed by atoms with Crippen molar-refractivity contribution in [1.29, 1.82) is 0 Å². The molecule has 0 spiro atoms. The summed E-state index contributed by atoms with van der Waals surface area (Å²) >= 11 is 1.76. The average molecular weight is 383 g/mol. The van der Waals surface area contributed by atoms with Crippen LogP contribution < -0.4 is 5.32 Å². The molecule has 1 saturated heterocycles. The summed E-state index contributed by atoms with van der Waals surface area (Å²) < 4.78 is 6.80. The van der Waals surface area contributed by atoms with E-state index in [0.717, 1.165) is 43.0 Å². The van der Waals surface area contributed by atoms with Crippen molar-refractivity contribution in [2.45, 2.75) is 44.7 Å². The molecule has 1 aromatic carbocycles. The summed E-state index contributed by atoms with van der Waals surface area (Å²) in [5.41, 5.74) is 1.29. The van der Waals surface area contributed by atoms with Gasteiger partial charge in [-0.15, -0.1) is 11.3 Å². The molecule has 27 heavy (non-hydrogen) atoms. The van der Waals surface area contributed by atoms with E-state index in [0.29, 0.717) is 6.04 Å². The number of nitrogens with zero attached hydrogens (tertiary/aromatic N) is 3. The minimum atomic E-state index is 0.501. The summed E-state index contributed by atoms with van der Waals surface area (Å²) in [6.45, 7) is 6.11. The van der Waals surface area contributed by atoms with Crippen molar-refractivity contribution in [2.75, 3.05) is 31.6 Å². The summed E-state index contributed by atoms with van der Waals surface area (Å²) in [7, 11) is 0. The van der Waals surface area contributed by atoms with E-state index in [-0.39, 0.29) is 0 Å². The van der Waals surface area contributed by atoms with Gasteiger partial charge in [0.25, 0.3) is 0 Å². The van der Waals surface area contributed by atoms with E-state index < -0.39 is 0 Å². The summed E-state index contributed by atoms with van der Waals surface area (Å²) in [4.78, 5) is 12.8. The van der Waals surface area contributed by atoms with E-state index in [2.05, 4.69) is 45.3 Å². The predicted molar refractivity (Wildman–Crippen MR) is 112 cm³/mol. The topological polar surface area (TPSA) is 50.3 Å². The number of aryl methyl sites for hydroxylation is 1. The highest BCUT2D eigenvalue weighted by molar-refractivity contribution is 7.25. The number of anilines is 1. The van der Waals surface area contributed by atoms with Gasteiger partial charge < -0.3 is 10.1 Å². The average Bonchev–Trinajstić information content (AvgIpc) is 3.07. The van der Waals surface area contributed by atoms with Gasteiger partial charge in [-0.1, -0.05) is 12.1 Å². The van der Waals surface area contributed by atoms with Crippen molar-refractivity contribution in [2.24, 2.45) is 0 Å². The lowest BCUT2D eigenvalue weighted by Gasteiger charge is -2.39. The fraction of sp³-hybridized carbons (Fsp3) is 0.524. The minimum absolute atomic E-state index is 0.501. The zero-order valence-corrected chi connectivity index (χ0v) is 16.6. The van der Waals surface area contributed by atoms with Crippen molar-refractivity contribution in [3.8, 4) is 0 Å². The number of hydrogen-bond donors (Lipinski definition) is 1. The van der Waals surface area contributed by atoms with Gasteiger partial charge in [0.05, 0.1) is 18.6 Å². The van der Waals surface area contributed by atoms with Crippen LogP contribution >= 0.6 is 11.3 Å². The van der Waals surface area contributed by atoms with E-state index >= 15 is 0 Å². The maximum Gasteiger partial charge on any atom is 0.139 e. The lowest BCUT2D eigenvalue weighted by atomic mass is 9.90. The van der Waals surface area contributed by atoms with E-state index in [1.54, 1.807) is 17.7 Å². The van der Waals surface area contributed by atoms with Gasteiger partial charge in [0.1, 0.15) is 17.0 Å². The van der Waals surface area contributed by atoms with Crippen molar-refractivity contribution in [3.63, 3.8) is 0 Å². The second kappa shape index (κ2) is 7.34. The number of thiophene rings is 1. The number of benzene rings is 1. The number of rotatable bonds is 3. The first kappa shape index (κ1) is 17.3.